The largest absolute Gasteiger partial charge is 0.382 e. The summed E-state index contributed by atoms with van der Waals surface area (Å²) in [6.45, 7) is 13.6. The van der Waals surface area contributed by atoms with Crippen LogP contribution < -0.4 is 5.45 Å². The maximum absolute atomic E-state index is 11.4. The highest BCUT2D eigenvalue weighted by atomic mass is 35.5. The molecule has 0 saturated heterocycles. The summed E-state index contributed by atoms with van der Waals surface area (Å²) in [5.41, 5.74) is 1.29. The fraction of sp³-hybridized carbons (Fsp3) is 0.526. The first-order chi connectivity index (χ1) is 12.9. The topological polar surface area (TPSA) is 90.4 Å². The second-order valence-corrected chi connectivity index (χ2v) is 13.9. The molecule has 0 aliphatic heterocycles. The van der Waals surface area contributed by atoms with Gasteiger partial charge >= 0.3 is 0 Å². The Morgan fingerprint density at radius 2 is 2.04 bits per heavy atom. The molecule has 2 aromatic rings. The predicted molar refractivity (Wildman–Crippen MR) is 113 cm³/mol. The molecule has 1 atom stereocenters. The fourth-order valence-corrected chi connectivity index (χ4v) is 4.94. The minimum atomic E-state index is -2.05. The Kier molecular flexibility index (Phi) is 6.70. The molecule has 1 unspecified atom stereocenters. The Bertz CT molecular complexity index is 861. The summed E-state index contributed by atoms with van der Waals surface area (Å²) >= 11 is 6.04. The Morgan fingerprint density at radius 1 is 1.39 bits per heavy atom. The van der Waals surface area contributed by atoms with Gasteiger partial charge in [0.1, 0.15) is 20.9 Å². The molecular weight excluding hydrogens is 398 g/mol. The van der Waals surface area contributed by atoms with Gasteiger partial charge in [0, 0.05) is 17.7 Å². The van der Waals surface area contributed by atoms with Crippen LogP contribution in [0.2, 0.25) is 23.2 Å². The molecule has 0 aliphatic carbocycles. The molecule has 1 N–H and O–H groups in total. The zero-order chi connectivity index (χ0) is 21.3. The highest BCUT2D eigenvalue weighted by molar-refractivity contribution is 6.91. The fourth-order valence-electron chi connectivity index (χ4n) is 2.83. The lowest BCUT2D eigenvalue weighted by molar-refractivity contribution is -0.386. The van der Waals surface area contributed by atoms with Crippen LogP contribution in [0.3, 0.4) is 0 Å². The molecule has 0 bridgehead atoms. The summed E-state index contributed by atoms with van der Waals surface area (Å²) in [7, 11) is -2.05. The zero-order valence-corrected chi connectivity index (χ0v) is 18.9. The third kappa shape index (κ3) is 4.30. The summed E-state index contributed by atoms with van der Waals surface area (Å²) in [6, 6.07) is 4.17. The van der Waals surface area contributed by atoms with Crippen LogP contribution in [0, 0.1) is 10.1 Å². The van der Waals surface area contributed by atoms with Gasteiger partial charge in [-0.25, -0.2) is 4.98 Å². The average molecular weight is 426 g/mol. The molecule has 1 aromatic heterocycles. The highest BCUT2D eigenvalue weighted by Gasteiger charge is 2.42. The van der Waals surface area contributed by atoms with E-state index in [-0.39, 0.29) is 23.0 Å². The molecule has 0 spiro atoms. The van der Waals surface area contributed by atoms with Crippen LogP contribution in [-0.2, 0) is 11.5 Å². The summed E-state index contributed by atoms with van der Waals surface area (Å²) < 4.78 is 7.49. The van der Waals surface area contributed by atoms with Crippen LogP contribution in [-0.4, -0.2) is 34.3 Å². The van der Waals surface area contributed by atoms with Crippen LogP contribution in [0.1, 0.15) is 45.1 Å². The van der Waals surface area contributed by atoms with Gasteiger partial charge in [-0.3, -0.25) is 10.1 Å². The van der Waals surface area contributed by atoms with E-state index in [2.05, 4.69) is 38.8 Å². The van der Waals surface area contributed by atoms with Crippen molar-refractivity contribution in [3.05, 3.63) is 50.8 Å². The second kappa shape index (κ2) is 8.32. The third-order valence-electron chi connectivity index (χ3n) is 5.51. The van der Waals surface area contributed by atoms with Crippen molar-refractivity contribution in [1.82, 2.24) is 9.55 Å². The normalized spacial score (nSPS) is 13.6. The van der Waals surface area contributed by atoms with Crippen molar-refractivity contribution in [2.24, 2.45) is 0 Å². The molecule has 7 nitrogen and oxygen atoms in total. The number of benzene rings is 1. The zero-order valence-electron chi connectivity index (χ0n) is 17.2. The van der Waals surface area contributed by atoms with Gasteiger partial charge in [0.2, 0.25) is 0 Å². The van der Waals surface area contributed by atoms with E-state index in [1.165, 1.54) is 18.2 Å². The number of ether oxygens (including phenoxy) is 1. The average Bonchev–Trinajstić information content (AvgIpc) is 3.02. The molecule has 0 fully saturated rings. The first-order valence-corrected chi connectivity index (χ1v) is 12.5. The van der Waals surface area contributed by atoms with E-state index >= 15 is 0 Å². The molecule has 0 amide bonds. The Hall–Kier alpha value is -1.74. The van der Waals surface area contributed by atoms with Gasteiger partial charge in [-0.05, 0) is 24.1 Å². The molecule has 28 heavy (non-hydrogen) atoms. The third-order valence-corrected chi connectivity index (χ3v) is 11.0. The van der Waals surface area contributed by atoms with E-state index in [0.717, 1.165) is 5.45 Å². The van der Waals surface area contributed by atoms with Crippen LogP contribution in [0.25, 0.3) is 0 Å². The number of nitro benzene ring substituents is 1. The lowest BCUT2D eigenvalue weighted by atomic mass is 10.0. The number of imidazole rings is 1. The van der Waals surface area contributed by atoms with Gasteiger partial charge in [0.25, 0.3) is 5.69 Å². The van der Waals surface area contributed by atoms with E-state index in [4.69, 9.17) is 16.3 Å². The number of hydrogen-bond donors (Lipinski definition) is 1. The van der Waals surface area contributed by atoms with Crippen molar-refractivity contribution >= 4 is 30.8 Å². The van der Waals surface area contributed by atoms with E-state index in [1.54, 1.807) is 6.20 Å². The minimum Gasteiger partial charge on any atom is -0.382 e. The van der Waals surface area contributed by atoms with Gasteiger partial charge in [-0.1, -0.05) is 45.5 Å². The molecule has 9 heteroatoms. The molecule has 0 saturated carbocycles. The number of hydrogen-bond acceptors (Lipinski definition) is 5. The van der Waals surface area contributed by atoms with Crippen molar-refractivity contribution in [2.75, 3.05) is 6.61 Å². The van der Waals surface area contributed by atoms with E-state index in [0.29, 0.717) is 17.3 Å². The van der Waals surface area contributed by atoms with Gasteiger partial charge in [-0.15, -0.1) is 0 Å². The lowest BCUT2D eigenvalue weighted by Crippen LogP contribution is -2.54. The maximum Gasteiger partial charge on any atom is 0.275 e. The smallest absolute Gasteiger partial charge is 0.275 e. The molecule has 1 heterocycles. The van der Waals surface area contributed by atoms with Crippen molar-refractivity contribution in [3.8, 4) is 0 Å². The van der Waals surface area contributed by atoms with Crippen LogP contribution in [0.15, 0.2) is 24.4 Å². The standard InChI is InChI=1S/C19H28ClN3O4Si/c1-7-27-12-22-16(11-21-18(22)28(5,6)19(2,3)4)17(24)14-10-13(20)8-9-15(14)23(25)26/h8-11,17,24H,7,12H2,1-6H3. The quantitative estimate of drug-likeness (QED) is 0.407. The molecule has 2 rings (SSSR count). The monoisotopic (exact) mass is 425 g/mol. The van der Waals surface area contributed by atoms with Crippen LogP contribution in [0.5, 0.6) is 0 Å². The van der Waals surface area contributed by atoms with E-state index in [1.807, 2.05) is 11.5 Å². The van der Waals surface area contributed by atoms with Crippen molar-refractivity contribution in [3.63, 3.8) is 0 Å². The van der Waals surface area contributed by atoms with Crippen molar-refractivity contribution in [1.29, 1.82) is 0 Å². The first-order valence-electron chi connectivity index (χ1n) is 9.17. The van der Waals surface area contributed by atoms with Crippen molar-refractivity contribution < 1.29 is 14.8 Å². The summed E-state index contributed by atoms with van der Waals surface area (Å²) in [4.78, 5) is 15.5. The van der Waals surface area contributed by atoms with Crippen molar-refractivity contribution in [2.45, 2.75) is 58.7 Å². The van der Waals surface area contributed by atoms with Gasteiger partial charge in [0.05, 0.1) is 27.8 Å². The second-order valence-electron chi connectivity index (χ2n) is 8.29. The summed E-state index contributed by atoms with van der Waals surface area (Å²) in [5, 5.41) is 22.8. The number of aliphatic hydroxyl groups excluding tert-OH is 1. The molecular formula is C19H28ClN3O4Si. The van der Waals surface area contributed by atoms with E-state index in [9.17, 15) is 15.2 Å². The number of nitrogens with zero attached hydrogens (tertiary/aromatic N) is 3. The van der Waals surface area contributed by atoms with Gasteiger partial charge < -0.3 is 14.4 Å². The number of aromatic nitrogens is 2. The van der Waals surface area contributed by atoms with E-state index < -0.39 is 19.1 Å². The van der Waals surface area contributed by atoms with Crippen LogP contribution in [0.4, 0.5) is 5.69 Å². The summed E-state index contributed by atoms with van der Waals surface area (Å²) in [6.07, 6.45) is 0.343. The SMILES string of the molecule is CCOCn1c(C(O)c2cc(Cl)ccc2[N+](=O)[O-])cnc1[Si](C)(C)C(C)(C)C. The number of aliphatic hydroxyl groups is 1. The number of nitro groups is 1. The molecule has 0 radical (unpaired) electrons. The van der Waals surface area contributed by atoms with Gasteiger partial charge in [0.15, 0.2) is 0 Å². The molecule has 1 aromatic carbocycles. The Labute approximate surface area is 171 Å². The number of rotatable bonds is 7. The highest BCUT2D eigenvalue weighted by Crippen LogP contribution is 2.37. The first kappa shape index (κ1) is 22.5. The van der Waals surface area contributed by atoms with Gasteiger partial charge in [-0.2, -0.15) is 0 Å². The molecule has 0 aliphatic rings. The van der Waals surface area contributed by atoms with Crippen LogP contribution >= 0.6 is 11.6 Å². The lowest BCUT2D eigenvalue weighted by Gasteiger charge is -2.36. The Morgan fingerprint density at radius 3 is 2.57 bits per heavy atom. The number of halogens is 1. The molecule has 154 valence electrons. The predicted octanol–water partition coefficient (Wildman–Crippen LogP) is 4.24. The maximum atomic E-state index is 11.4. The minimum absolute atomic E-state index is 0.0204. The summed E-state index contributed by atoms with van der Waals surface area (Å²) in [5.74, 6) is 0. The Balaban J connectivity index is 2.63.